The van der Waals surface area contributed by atoms with E-state index in [-0.39, 0.29) is 37.3 Å². The lowest BCUT2D eigenvalue weighted by Gasteiger charge is -2.25. The van der Waals surface area contributed by atoms with Gasteiger partial charge in [0.1, 0.15) is 0 Å². The topological polar surface area (TPSA) is 66.8 Å². The second-order valence-corrected chi connectivity index (χ2v) is 4.11. The number of nitrogens with zero attached hydrogens (tertiary/aromatic N) is 1. The van der Waals surface area contributed by atoms with Gasteiger partial charge >= 0.3 is 5.97 Å². The predicted octanol–water partition coefficient (Wildman–Crippen LogP) is 0.415. The summed E-state index contributed by atoms with van der Waals surface area (Å²) >= 11 is 0. The number of carbonyl (C=O) groups excluding carboxylic acids is 2. The third-order valence-electron chi connectivity index (χ3n) is 2.10. The minimum Gasteiger partial charge on any atom is -0.469 e. The first-order chi connectivity index (χ1) is 7.38. The van der Waals surface area contributed by atoms with Crippen LogP contribution in [0.2, 0.25) is 0 Å². The molecule has 5 nitrogen and oxygen atoms in total. The highest BCUT2D eigenvalue weighted by molar-refractivity contribution is 5.79. The highest BCUT2D eigenvalue weighted by Crippen LogP contribution is 2.04. The summed E-state index contributed by atoms with van der Waals surface area (Å²) in [5, 5.41) is 9.27. The second-order valence-electron chi connectivity index (χ2n) is 4.11. The number of aliphatic hydroxyl groups is 1. The van der Waals surface area contributed by atoms with Crippen LogP contribution in [0.3, 0.4) is 0 Å². The zero-order valence-corrected chi connectivity index (χ0v) is 10.4. The number of aliphatic hydroxyl groups excluding tert-OH is 1. The van der Waals surface area contributed by atoms with Crippen LogP contribution in [0.25, 0.3) is 0 Å². The predicted molar refractivity (Wildman–Crippen MR) is 59.7 cm³/mol. The maximum absolute atomic E-state index is 11.7. The number of hydrogen-bond acceptors (Lipinski definition) is 4. The third-order valence-corrected chi connectivity index (χ3v) is 2.10. The monoisotopic (exact) mass is 231 g/mol. The Hall–Kier alpha value is -1.10. The molecule has 0 bridgehead atoms. The lowest BCUT2D eigenvalue weighted by molar-refractivity contribution is -0.142. The fraction of sp³-hybridized carbons (Fsp3) is 0.818. The van der Waals surface area contributed by atoms with Gasteiger partial charge in [-0.05, 0) is 6.92 Å². The summed E-state index contributed by atoms with van der Waals surface area (Å²) in [6, 6.07) is 0. The summed E-state index contributed by atoms with van der Waals surface area (Å²) in [5.41, 5.74) is 0. The quantitative estimate of drug-likeness (QED) is 0.673. The number of carbonyl (C=O) groups is 2. The van der Waals surface area contributed by atoms with Gasteiger partial charge in [0.2, 0.25) is 5.91 Å². The number of amides is 1. The molecule has 94 valence electrons. The largest absolute Gasteiger partial charge is 0.469 e. The van der Waals surface area contributed by atoms with Crippen LogP contribution in [0.1, 0.15) is 27.2 Å². The number of esters is 1. The molecule has 1 atom stereocenters. The SMILES string of the molecule is COC(=O)CCN(CC(C)O)C(=O)C(C)C. The zero-order valence-electron chi connectivity index (χ0n) is 10.4. The molecule has 1 amide bonds. The van der Waals surface area contributed by atoms with Crippen molar-refractivity contribution < 1.29 is 19.4 Å². The molecule has 0 spiro atoms. The molecule has 5 heteroatoms. The lowest BCUT2D eigenvalue weighted by atomic mass is 10.1. The summed E-state index contributed by atoms with van der Waals surface area (Å²) in [6.07, 6.45) is -0.442. The molecule has 0 aliphatic rings. The van der Waals surface area contributed by atoms with E-state index in [1.165, 1.54) is 12.0 Å². The van der Waals surface area contributed by atoms with E-state index >= 15 is 0 Å². The van der Waals surface area contributed by atoms with Crippen molar-refractivity contribution in [2.75, 3.05) is 20.2 Å². The molecule has 0 aromatic heterocycles. The summed E-state index contributed by atoms with van der Waals surface area (Å²) < 4.78 is 4.51. The zero-order chi connectivity index (χ0) is 12.7. The molecular formula is C11H21NO4. The Labute approximate surface area is 96.4 Å². The van der Waals surface area contributed by atoms with E-state index in [2.05, 4.69) is 4.74 Å². The van der Waals surface area contributed by atoms with Crippen LogP contribution in [-0.4, -0.2) is 48.2 Å². The molecule has 16 heavy (non-hydrogen) atoms. The van der Waals surface area contributed by atoms with E-state index in [1.54, 1.807) is 20.8 Å². The summed E-state index contributed by atoms with van der Waals surface area (Å²) in [4.78, 5) is 24.2. The van der Waals surface area contributed by atoms with Crippen LogP contribution in [0.4, 0.5) is 0 Å². The fourth-order valence-electron chi connectivity index (χ4n) is 1.30. The Morgan fingerprint density at radius 2 is 1.88 bits per heavy atom. The molecule has 0 fully saturated rings. The van der Waals surface area contributed by atoms with Crippen LogP contribution < -0.4 is 0 Å². The molecule has 0 aliphatic heterocycles. The molecule has 0 saturated carbocycles. The summed E-state index contributed by atoms with van der Waals surface area (Å²) in [7, 11) is 1.31. The normalized spacial score (nSPS) is 12.4. The molecule has 1 unspecified atom stereocenters. The Balaban J connectivity index is 4.32. The Kier molecular flexibility index (Phi) is 6.72. The molecule has 0 aromatic rings. The van der Waals surface area contributed by atoms with Crippen LogP contribution in [0, 0.1) is 5.92 Å². The van der Waals surface area contributed by atoms with Gasteiger partial charge in [0.25, 0.3) is 0 Å². The van der Waals surface area contributed by atoms with Crippen molar-refractivity contribution in [1.82, 2.24) is 4.90 Å². The van der Waals surface area contributed by atoms with E-state index in [0.717, 1.165) is 0 Å². The van der Waals surface area contributed by atoms with Crippen molar-refractivity contribution in [3.63, 3.8) is 0 Å². The van der Waals surface area contributed by atoms with Crippen LogP contribution in [-0.2, 0) is 14.3 Å². The van der Waals surface area contributed by atoms with Crippen molar-refractivity contribution in [3.8, 4) is 0 Å². The standard InChI is InChI=1S/C11H21NO4/c1-8(2)11(15)12(7-9(3)13)6-5-10(14)16-4/h8-9,13H,5-7H2,1-4H3. The maximum Gasteiger partial charge on any atom is 0.307 e. The number of rotatable bonds is 6. The molecule has 0 heterocycles. The summed E-state index contributed by atoms with van der Waals surface area (Å²) in [6.45, 7) is 5.71. The number of ether oxygens (including phenoxy) is 1. The minimum atomic E-state index is -0.597. The fourth-order valence-corrected chi connectivity index (χ4v) is 1.30. The molecule has 0 saturated heterocycles. The van der Waals surface area contributed by atoms with E-state index in [0.29, 0.717) is 0 Å². The highest BCUT2D eigenvalue weighted by atomic mass is 16.5. The van der Waals surface area contributed by atoms with Crippen molar-refractivity contribution in [1.29, 1.82) is 0 Å². The Morgan fingerprint density at radius 3 is 2.25 bits per heavy atom. The molecule has 0 rings (SSSR count). The van der Waals surface area contributed by atoms with E-state index in [4.69, 9.17) is 0 Å². The average molecular weight is 231 g/mol. The van der Waals surface area contributed by atoms with Gasteiger partial charge in [-0.3, -0.25) is 9.59 Å². The van der Waals surface area contributed by atoms with Crippen molar-refractivity contribution >= 4 is 11.9 Å². The van der Waals surface area contributed by atoms with Gasteiger partial charge in [-0.25, -0.2) is 0 Å². The first kappa shape index (κ1) is 14.9. The Bertz CT molecular complexity index is 238. The van der Waals surface area contributed by atoms with E-state index < -0.39 is 6.10 Å². The third kappa shape index (κ3) is 5.70. The molecule has 0 aromatic carbocycles. The van der Waals surface area contributed by atoms with E-state index in [1.807, 2.05) is 0 Å². The highest BCUT2D eigenvalue weighted by Gasteiger charge is 2.19. The van der Waals surface area contributed by atoms with Crippen molar-refractivity contribution in [3.05, 3.63) is 0 Å². The maximum atomic E-state index is 11.7. The van der Waals surface area contributed by atoms with Gasteiger partial charge in [-0.15, -0.1) is 0 Å². The smallest absolute Gasteiger partial charge is 0.307 e. The summed E-state index contributed by atoms with van der Waals surface area (Å²) in [5.74, 6) is -0.562. The van der Waals surface area contributed by atoms with Gasteiger partial charge in [0.05, 0.1) is 19.6 Å². The second kappa shape index (κ2) is 7.22. The van der Waals surface area contributed by atoms with E-state index in [9.17, 15) is 14.7 Å². The van der Waals surface area contributed by atoms with Crippen molar-refractivity contribution in [2.24, 2.45) is 5.92 Å². The van der Waals surface area contributed by atoms with Gasteiger partial charge in [0, 0.05) is 19.0 Å². The van der Waals surface area contributed by atoms with Crippen molar-refractivity contribution in [2.45, 2.75) is 33.3 Å². The number of methoxy groups -OCH3 is 1. The molecule has 0 aliphatic carbocycles. The van der Waals surface area contributed by atoms with Crippen LogP contribution >= 0.6 is 0 Å². The van der Waals surface area contributed by atoms with Gasteiger partial charge in [-0.2, -0.15) is 0 Å². The first-order valence-corrected chi connectivity index (χ1v) is 5.42. The first-order valence-electron chi connectivity index (χ1n) is 5.42. The molecule has 0 radical (unpaired) electrons. The van der Waals surface area contributed by atoms with Gasteiger partial charge in [0.15, 0.2) is 0 Å². The Morgan fingerprint density at radius 1 is 1.31 bits per heavy atom. The lowest BCUT2D eigenvalue weighted by Crippen LogP contribution is -2.40. The van der Waals surface area contributed by atoms with Crippen LogP contribution in [0.5, 0.6) is 0 Å². The number of hydrogen-bond donors (Lipinski definition) is 1. The van der Waals surface area contributed by atoms with Gasteiger partial charge < -0.3 is 14.7 Å². The minimum absolute atomic E-state index is 0.0650. The molecule has 1 N–H and O–H groups in total. The van der Waals surface area contributed by atoms with Crippen LogP contribution in [0.15, 0.2) is 0 Å². The van der Waals surface area contributed by atoms with Gasteiger partial charge in [-0.1, -0.05) is 13.8 Å². The molecular weight excluding hydrogens is 210 g/mol. The average Bonchev–Trinajstić information content (AvgIpc) is 2.21.